The van der Waals surface area contributed by atoms with Crippen LogP contribution in [0.15, 0.2) is 18.2 Å². The zero-order chi connectivity index (χ0) is 14.0. The molecular weight excluding hydrogens is 280 g/mol. The van der Waals surface area contributed by atoms with E-state index in [1.807, 2.05) is 0 Å². The highest BCUT2D eigenvalue weighted by molar-refractivity contribution is 7.86. The van der Waals surface area contributed by atoms with E-state index in [-0.39, 0.29) is 12.4 Å². The van der Waals surface area contributed by atoms with Crippen molar-refractivity contribution in [1.82, 2.24) is 13.6 Å². The van der Waals surface area contributed by atoms with Crippen molar-refractivity contribution in [2.45, 2.75) is 13.2 Å². The third-order valence-electron chi connectivity index (χ3n) is 2.71. The lowest BCUT2D eigenvalue weighted by atomic mass is 10.3. The lowest BCUT2D eigenvalue weighted by Crippen LogP contribution is -2.30. The van der Waals surface area contributed by atoms with Crippen LogP contribution < -0.4 is 4.74 Å². The first kappa shape index (κ1) is 14.1. The average Bonchev–Trinajstić information content (AvgIpc) is 2.56. The first-order valence-electron chi connectivity index (χ1n) is 5.52. The number of likely N-dealkylation sites (N-methyl/N-ethyl adjacent to an activating group) is 1. The molecular formula is C10H13F2N3O3S. The fraction of sp³-hybridized carbons (Fsp3) is 0.500. The Morgan fingerprint density at radius 2 is 2.16 bits per heavy atom. The van der Waals surface area contributed by atoms with E-state index in [0.717, 1.165) is 0 Å². The smallest absolute Gasteiger partial charge is 0.388 e. The van der Waals surface area contributed by atoms with Crippen molar-refractivity contribution >= 4 is 10.2 Å². The van der Waals surface area contributed by atoms with Gasteiger partial charge in [0.25, 0.3) is 10.2 Å². The zero-order valence-corrected chi connectivity index (χ0v) is 11.0. The van der Waals surface area contributed by atoms with Crippen LogP contribution >= 0.6 is 0 Å². The van der Waals surface area contributed by atoms with Gasteiger partial charge in [-0.2, -0.15) is 25.8 Å². The summed E-state index contributed by atoms with van der Waals surface area (Å²) in [5, 5.41) is 0. The molecule has 9 heteroatoms. The topological polar surface area (TPSA) is 62.7 Å². The molecule has 19 heavy (non-hydrogen) atoms. The summed E-state index contributed by atoms with van der Waals surface area (Å²) in [6.07, 6.45) is 0. The Labute approximate surface area is 109 Å². The number of pyridine rings is 1. The monoisotopic (exact) mass is 293 g/mol. The average molecular weight is 293 g/mol. The van der Waals surface area contributed by atoms with E-state index in [9.17, 15) is 17.2 Å². The number of rotatable bonds is 4. The van der Waals surface area contributed by atoms with E-state index in [1.165, 1.54) is 27.8 Å². The molecule has 106 valence electrons. The number of hydrogen-bond donors (Lipinski definition) is 0. The number of aromatic nitrogens is 1. The van der Waals surface area contributed by atoms with Crippen molar-refractivity contribution in [1.29, 1.82) is 0 Å². The summed E-state index contributed by atoms with van der Waals surface area (Å²) in [5.74, 6) is -0.225. The van der Waals surface area contributed by atoms with Crippen LogP contribution in [0, 0.1) is 0 Å². The van der Waals surface area contributed by atoms with Crippen molar-refractivity contribution in [3.05, 3.63) is 23.9 Å². The molecule has 1 saturated heterocycles. The summed E-state index contributed by atoms with van der Waals surface area (Å²) in [5.41, 5.74) is 0.358. The highest BCUT2D eigenvalue weighted by Crippen LogP contribution is 2.18. The molecule has 0 saturated carbocycles. The Hall–Kier alpha value is -1.32. The van der Waals surface area contributed by atoms with Crippen LogP contribution in [0.1, 0.15) is 5.69 Å². The van der Waals surface area contributed by atoms with Crippen LogP contribution in [0.2, 0.25) is 0 Å². The maximum absolute atomic E-state index is 12.1. The summed E-state index contributed by atoms with van der Waals surface area (Å²) in [6.45, 7) is -2.17. The molecule has 1 aromatic heterocycles. The lowest BCUT2D eigenvalue weighted by Gasteiger charge is -2.15. The number of alkyl halides is 2. The summed E-state index contributed by atoms with van der Waals surface area (Å²) < 4.78 is 54.4. The number of hydrogen-bond acceptors (Lipinski definition) is 4. The van der Waals surface area contributed by atoms with Crippen molar-refractivity contribution in [3.63, 3.8) is 0 Å². The van der Waals surface area contributed by atoms with Crippen LogP contribution in [0.3, 0.4) is 0 Å². The molecule has 1 aromatic rings. The second kappa shape index (κ2) is 5.35. The molecule has 6 nitrogen and oxygen atoms in total. The van der Waals surface area contributed by atoms with Gasteiger partial charge in [0.05, 0.1) is 12.2 Å². The van der Waals surface area contributed by atoms with Gasteiger partial charge in [-0.15, -0.1) is 0 Å². The van der Waals surface area contributed by atoms with E-state index in [4.69, 9.17) is 0 Å². The van der Waals surface area contributed by atoms with Gasteiger partial charge in [0.2, 0.25) is 5.88 Å². The van der Waals surface area contributed by atoms with E-state index in [0.29, 0.717) is 18.8 Å². The van der Waals surface area contributed by atoms with Gasteiger partial charge in [0, 0.05) is 26.2 Å². The van der Waals surface area contributed by atoms with Crippen molar-refractivity contribution in [2.75, 3.05) is 20.1 Å². The quantitative estimate of drug-likeness (QED) is 0.819. The van der Waals surface area contributed by atoms with Gasteiger partial charge in [-0.25, -0.2) is 4.98 Å². The zero-order valence-electron chi connectivity index (χ0n) is 10.2. The van der Waals surface area contributed by atoms with Gasteiger partial charge in [-0.05, 0) is 6.07 Å². The van der Waals surface area contributed by atoms with Crippen LogP contribution in [0.5, 0.6) is 5.88 Å². The molecule has 0 atom stereocenters. The minimum Gasteiger partial charge on any atom is -0.417 e. The van der Waals surface area contributed by atoms with E-state index < -0.39 is 16.8 Å². The van der Waals surface area contributed by atoms with Crippen molar-refractivity contribution in [3.8, 4) is 5.88 Å². The number of ether oxygens (including phenoxy) is 1. The van der Waals surface area contributed by atoms with Crippen LogP contribution in [-0.2, 0) is 16.8 Å². The molecule has 1 fully saturated rings. The highest BCUT2D eigenvalue weighted by atomic mass is 32.2. The van der Waals surface area contributed by atoms with E-state index >= 15 is 0 Å². The Kier molecular flexibility index (Phi) is 3.97. The second-order valence-electron chi connectivity index (χ2n) is 4.01. The molecule has 0 amide bonds. The van der Waals surface area contributed by atoms with Crippen LogP contribution in [-0.4, -0.2) is 48.8 Å². The van der Waals surface area contributed by atoms with Gasteiger partial charge in [0.15, 0.2) is 0 Å². The molecule has 0 aliphatic carbocycles. The molecule has 0 unspecified atom stereocenters. The molecule has 2 heterocycles. The van der Waals surface area contributed by atoms with Crippen molar-refractivity contribution < 1.29 is 21.9 Å². The summed E-state index contributed by atoms with van der Waals surface area (Å²) in [7, 11) is -1.98. The minimum atomic E-state index is -3.46. The van der Waals surface area contributed by atoms with E-state index in [1.54, 1.807) is 6.07 Å². The fourth-order valence-electron chi connectivity index (χ4n) is 1.72. The molecule has 0 aromatic carbocycles. The first-order valence-corrected chi connectivity index (χ1v) is 6.91. The Morgan fingerprint density at radius 1 is 1.42 bits per heavy atom. The lowest BCUT2D eigenvalue weighted by molar-refractivity contribution is -0.0529. The standard InChI is InChI=1S/C10H13F2N3O3S/c1-14-5-6-15(19(14,16)17)7-8-3-2-4-9(13-8)18-10(11)12/h2-4,10H,5-7H2,1H3. The number of halogens is 2. The maximum atomic E-state index is 12.1. The SMILES string of the molecule is CN1CCN(Cc2cccc(OC(F)F)n2)S1(=O)=O. The summed E-state index contributed by atoms with van der Waals surface area (Å²) in [4.78, 5) is 3.84. The predicted molar refractivity (Wildman–Crippen MR) is 62.8 cm³/mol. The molecule has 1 aliphatic heterocycles. The Bertz CT molecular complexity index is 553. The molecule has 0 spiro atoms. The van der Waals surface area contributed by atoms with Gasteiger partial charge < -0.3 is 4.74 Å². The molecule has 0 radical (unpaired) electrons. The molecule has 0 bridgehead atoms. The summed E-state index contributed by atoms with van der Waals surface area (Å²) >= 11 is 0. The van der Waals surface area contributed by atoms with Gasteiger partial charge in [0.1, 0.15) is 0 Å². The Morgan fingerprint density at radius 3 is 2.74 bits per heavy atom. The van der Waals surface area contributed by atoms with Gasteiger partial charge in [-0.1, -0.05) is 6.07 Å². The molecule has 2 rings (SSSR count). The molecule has 0 N–H and O–H groups in total. The van der Waals surface area contributed by atoms with Crippen LogP contribution in [0.25, 0.3) is 0 Å². The van der Waals surface area contributed by atoms with Gasteiger partial charge in [-0.3, -0.25) is 0 Å². The third kappa shape index (κ3) is 3.17. The van der Waals surface area contributed by atoms with E-state index in [2.05, 4.69) is 9.72 Å². The van der Waals surface area contributed by atoms with Crippen LogP contribution in [0.4, 0.5) is 8.78 Å². The predicted octanol–water partition coefficient (Wildman–Crippen LogP) is 0.675. The van der Waals surface area contributed by atoms with Gasteiger partial charge >= 0.3 is 6.61 Å². The maximum Gasteiger partial charge on any atom is 0.388 e. The first-order chi connectivity index (χ1) is 8.89. The molecule has 1 aliphatic rings. The summed E-state index contributed by atoms with van der Waals surface area (Å²) in [6, 6.07) is 4.35. The normalized spacial score (nSPS) is 20.0. The largest absolute Gasteiger partial charge is 0.417 e. The minimum absolute atomic E-state index is 0.0348. The van der Waals surface area contributed by atoms with Crippen molar-refractivity contribution in [2.24, 2.45) is 0 Å². The number of nitrogens with zero attached hydrogens (tertiary/aromatic N) is 3. The Balaban J connectivity index is 2.12. The second-order valence-corrected chi connectivity index (χ2v) is 6.04. The fourth-order valence-corrected chi connectivity index (χ4v) is 3.04. The highest BCUT2D eigenvalue weighted by Gasteiger charge is 2.33. The third-order valence-corrected chi connectivity index (χ3v) is 4.65.